The van der Waals surface area contributed by atoms with E-state index in [4.69, 9.17) is 14.2 Å². The molecule has 5 heteroatoms. The highest BCUT2D eigenvalue weighted by molar-refractivity contribution is 6.11. The topological polar surface area (TPSA) is 65.0 Å². The third-order valence-electron chi connectivity index (χ3n) is 3.63. The molecule has 1 N–H and O–H groups in total. The van der Waals surface area contributed by atoms with Gasteiger partial charge in [-0.1, -0.05) is 13.3 Å². The molecule has 0 saturated carbocycles. The molecule has 0 radical (unpaired) electrons. The van der Waals surface area contributed by atoms with Gasteiger partial charge in [-0.15, -0.1) is 0 Å². The van der Waals surface area contributed by atoms with Gasteiger partial charge in [0.05, 0.1) is 26.4 Å². The number of phenols is 1. The molecule has 2 aromatic carbocycles. The molecule has 0 unspecified atom stereocenters. The summed E-state index contributed by atoms with van der Waals surface area (Å²) in [5.41, 5.74) is 0.618. The SMILES string of the molecule is CCCCOc1ccc(C(=O)c2ccc(OC)c(OC)c2)c(O)c1. The van der Waals surface area contributed by atoms with Crippen LogP contribution >= 0.6 is 0 Å². The lowest BCUT2D eigenvalue weighted by molar-refractivity contribution is 0.103. The largest absolute Gasteiger partial charge is 0.507 e. The lowest BCUT2D eigenvalue weighted by Gasteiger charge is -2.11. The van der Waals surface area contributed by atoms with Gasteiger partial charge in [-0.25, -0.2) is 0 Å². The van der Waals surface area contributed by atoms with Gasteiger partial charge in [-0.3, -0.25) is 4.79 Å². The molecular formula is C19H22O5. The van der Waals surface area contributed by atoms with Gasteiger partial charge in [0.25, 0.3) is 0 Å². The Labute approximate surface area is 141 Å². The zero-order valence-electron chi connectivity index (χ0n) is 14.2. The molecule has 0 bridgehead atoms. The predicted octanol–water partition coefficient (Wildman–Crippen LogP) is 3.82. The van der Waals surface area contributed by atoms with Gasteiger partial charge < -0.3 is 19.3 Å². The first-order chi connectivity index (χ1) is 11.6. The average molecular weight is 330 g/mol. The second-order valence-electron chi connectivity index (χ2n) is 5.28. The van der Waals surface area contributed by atoms with Crippen molar-refractivity contribution in [3.8, 4) is 23.0 Å². The molecule has 24 heavy (non-hydrogen) atoms. The second-order valence-corrected chi connectivity index (χ2v) is 5.28. The van der Waals surface area contributed by atoms with Crippen molar-refractivity contribution < 1.29 is 24.1 Å². The molecule has 2 rings (SSSR count). The van der Waals surface area contributed by atoms with Crippen LogP contribution in [0.2, 0.25) is 0 Å². The number of hydrogen-bond acceptors (Lipinski definition) is 5. The van der Waals surface area contributed by atoms with Crippen molar-refractivity contribution in [2.75, 3.05) is 20.8 Å². The monoisotopic (exact) mass is 330 g/mol. The van der Waals surface area contributed by atoms with Crippen molar-refractivity contribution >= 4 is 5.78 Å². The number of aromatic hydroxyl groups is 1. The van der Waals surface area contributed by atoms with E-state index in [9.17, 15) is 9.90 Å². The fraction of sp³-hybridized carbons (Fsp3) is 0.316. The Bertz CT molecular complexity index is 709. The van der Waals surface area contributed by atoms with Crippen molar-refractivity contribution in [1.29, 1.82) is 0 Å². The minimum atomic E-state index is -0.298. The fourth-order valence-electron chi connectivity index (χ4n) is 2.26. The zero-order chi connectivity index (χ0) is 17.5. The maximum atomic E-state index is 12.6. The van der Waals surface area contributed by atoms with E-state index in [-0.39, 0.29) is 17.1 Å². The summed E-state index contributed by atoms with van der Waals surface area (Å²) in [6.07, 6.45) is 1.97. The molecule has 0 amide bonds. The zero-order valence-corrected chi connectivity index (χ0v) is 14.2. The Hall–Kier alpha value is -2.69. The predicted molar refractivity (Wildman–Crippen MR) is 91.5 cm³/mol. The summed E-state index contributed by atoms with van der Waals surface area (Å²) in [4.78, 5) is 12.6. The van der Waals surface area contributed by atoms with Crippen LogP contribution in [0.5, 0.6) is 23.0 Å². The van der Waals surface area contributed by atoms with Gasteiger partial charge in [0.1, 0.15) is 11.5 Å². The normalized spacial score (nSPS) is 10.3. The highest BCUT2D eigenvalue weighted by Crippen LogP contribution is 2.31. The van der Waals surface area contributed by atoms with Gasteiger partial charge in [-0.05, 0) is 36.8 Å². The molecule has 0 aromatic heterocycles. The Morgan fingerprint density at radius 3 is 2.42 bits per heavy atom. The standard InChI is InChI=1S/C19H22O5/c1-4-5-10-24-14-7-8-15(16(20)12-14)19(21)13-6-9-17(22-2)18(11-13)23-3/h6-9,11-12,20H,4-5,10H2,1-3H3. The van der Waals surface area contributed by atoms with Crippen LogP contribution in [0.4, 0.5) is 0 Å². The van der Waals surface area contributed by atoms with Gasteiger partial charge in [0.15, 0.2) is 17.3 Å². The van der Waals surface area contributed by atoms with Crippen LogP contribution in [0.3, 0.4) is 0 Å². The Kier molecular flexibility index (Phi) is 6.07. The summed E-state index contributed by atoms with van der Waals surface area (Å²) < 4.78 is 15.9. The average Bonchev–Trinajstić information content (AvgIpc) is 2.61. The van der Waals surface area contributed by atoms with Crippen molar-refractivity contribution in [3.05, 3.63) is 47.5 Å². The molecule has 128 valence electrons. The summed E-state index contributed by atoms with van der Waals surface area (Å²) in [6, 6.07) is 9.59. The van der Waals surface area contributed by atoms with E-state index < -0.39 is 0 Å². The number of methoxy groups -OCH3 is 2. The highest BCUT2D eigenvalue weighted by atomic mass is 16.5. The van der Waals surface area contributed by atoms with E-state index in [0.29, 0.717) is 29.4 Å². The molecular weight excluding hydrogens is 308 g/mol. The highest BCUT2D eigenvalue weighted by Gasteiger charge is 2.16. The first kappa shape index (κ1) is 17.7. The fourth-order valence-corrected chi connectivity index (χ4v) is 2.26. The van der Waals surface area contributed by atoms with Gasteiger partial charge in [0.2, 0.25) is 0 Å². The van der Waals surface area contributed by atoms with Crippen LogP contribution in [0, 0.1) is 0 Å². The maximum absolute atomic E-state index is 12.6. The smallest absolute Gasteiger partial charge is 0.196 e. The molecule has 0 aliphatic rings. The third-order valence-corrected chi connectivity index (χ3v) is 3.63. The van der Waals surface area contributed by atoms with Crippen molar-refractivity contribution in [1.82, 2.24) is 0 Å². The Morgan fingerprint density at radius 1 is 1.04 bits per heavy atom. The number of ketones is 1. The Morgan fingerprint density at radius 2 is 1.79 bits per heavy atom. The van der Waals surface area contributed by atoms with Crippen molar-refractivity contribution in [3.63, 3.8) is 0 Å². The number of phenolic OH excluding ortho intramolecular Hbond substituents is 1. The lowest BCUT2D eigenvalue weighted by Crippen LogP contribution is -2.03. The molecule has 0 fully saturated rings. The van der Waals surface area contributed by atoms with E-state index in [0.717, 1.165) is 12.8 Å². The molecule has 2 aromatic rings. The van der Waals surface area contributed by atoms with E-state index >= 15 is 0 Å². The van der Waals surface area contributed by atoms with Gasteiger partial charge in [-0.2, -0.15) is 0 Å². The lowest BCUT2D eigenvalue weighted by atomic mass is 10.0. The van der Waals surface area contributed by atoms with Gasteiger partial charge >= 0.3 is 0 Å². The number of rotatable bonds is 8. The first-order valence-corrected chi connectivity index (χ1v) is 7.83. The summed E-state index contributed by atoms with van der Waals surface area (Å²) in [7, 11) is 3.04. The molecule has 0 spiro atoms. The van der Waals surface area contributed by atoms with E-state index in [2.05, 4.69) is 6.92 Å². The molecule has 0 heterocycles. The van der Waals surface area contributed by atoms with Crippen molar-refractivity contribution in [2.45, 2.75) is 19.8 Å². The van der Waals surface area contributed by atoms with Crippen LogP contribution in [0.25, 0.3) is 0 Å². The van der Waals surface area contributed by atoms with E-state index in [1.807, 2.05) is 0 Å². The molecule has 0 saturated heterocycles. The molecule has 0 atom stereocenters. The number of hydrogen-bond donors (Lipinski definition) is 1. The third kappa shape index (κ3) is 3.98. The maximum Gasteiger partial charge on any atom is 0.196 e. The van der Waals surface area contributed by atoms with Crippen LogP contribution < -0.4 is 14.2 Å². The minimum absolute atomic E-state index is 0.108. The first-order valence-electron chi connectivity index (χ1n) is 7.83. The quantitative estimate of drug-likeness (QED) is 0.589. The summed E-state index contributed by atoms with van der Waals surface area (Å²) in [5, 5.41) is 10.2. The van der Waals surface area contributed by atoms with E-state index in [1.165, 1.54) is 20.3 Å². The summed E-state index contributed by atoms with van der Waals surface area (Å²) >= 11 is 0. The summed E-state index contributed by atoms with van der Waals surface area (Å²) in [5.74, 6) is 1.14. The van der Waals surface area contributed by atoms with Crippen molar-refractivity contribution in [2.24, 2.45) is 0 Å². The van der Waals surface area contributed by atoms with Crippen LogP contribution in [0.1, 0.15) is 35.7 Å². The molecule has 0 aliphatic heterocycles. The number of benzene rings is 2. The number of carbonyl (C=O) groups is 1. The number of carbonyl (C=O) groups excluding carboxylic acids is 1. The van der Waals surface area contributed by atoms with Crippen LogP contribution in [0.15, 0.2) is 36.4 Å². The van der Waals surface area contributed by atoms with Crippen LogP contribution in [-0.4, -0.2) is 31.7 Å². The minimum Gasteiger partial charge on any atom is -0.507 e. The Balaban J connectivity index is 2.23. The second kappa shape index (κ2) is 8.24. The van der Waals surface area contributed by atoms with Crippen LogP contribution in [-0.2, 0) is 0 Å². The number of unbranched alkanes of at least 4 members (excludes halogenated alkanes) is 1. The molecule has 0 aliphatic carbocycles. The van der Waals surface area contributed by atoms with E-state index in [1.54, 1.807) is 30.3 Å². The van der Waals surface area contributed by atoms with Gasteiger partial charge in [0, 0.05) is 11.6 Å². The summed E-state index contributed by atoms with van der Waals surface area (Å²) in [6.45, 7) is 2.66. The number of ether oxygens (including phenoxy) is 3. The molecule has 5 nitrogen and oxygen atoms in total.